The van der Waals surface area contributed by atoms with Crippen molar-refractivity contribution in [3.05, 3.63) is 64.0 Å². The average Bonchev–Trinajstić information content (AvgIpc) is 2.48. The molecule has 1 aromatic carbocycles. The van der Waals surface area contributed by atoms with Crippen LogP contribution in [0.15, 0.2) is 58.4 Å². The van der Waals surface area contributed by atoms with Crippen molar-refractivity contribution in [1.29, 1.82) is 0 Å². The van der Waals surface area contributed by atoms with Crippen LogP contribution in [0.1, 0.15) is 6.42 Å². The molecule has 2 rings (SSSR count). The topological polar surface area (TPSA) is 68.2 Å². The van der Waals surface area contributed by atoms with E-state index in [1.54, 1.807) is 18.2 Å². The molecule has 1 aromatic heterocycles. The molecule has 2 aromatic rings. The number of rotatable bonds is 6. The third-order valence-electron chi connectivity index (χ3n) is 2.87. The predicted molar refractivity (Wildman–Crippen MR) is 82.0 cm³/mol. The zero-order valence-electron chi connectivity index (χ0n) is 11.2. The van der Waals surface area contributed by atoms with Crippen molar-refractivity contribution >= 4 is 21.6 Å². The molecule has 0 atom stereocenters. The van der Waals surface area contributed by atoms with Gasteiger partial charge in [0, 0.05) is 25.4 Å². The Labute approximate surface area is 128 Å². The summed E-state index contributed by atoms with van der Waals surface area (Å²) in [5.74, 6) is 0. The summed E-state index contributed by atoms with van der Waals surface area (Å²) in [4.78, 5) is 11.8. The van der Waals surface area contributed by atoms with Crippen molar-refractivity contribution in [2.45, 2.75) is 17.9 Å². The monoisotopic (exact) mass is 326 g/mol. The van der Waals surface area contributed by atoms with Crippen LogP contribution in [0, 0.1) is 0 Å². The van der Waals surface area contributed by atoms with E-state index in [1.165, 1.54) is 35.0 Å². The minimum atomic E-state index is -3.50. The maximum Gasteiger partial charge on any atom is 0.250 e. The molecule has 1 N–H and O–H groups in total. The maximum atomic E-state index is 12.0. The molecule has 0 bridgehead atoms. The highest BCUT2D eigenvalue weighted by atomic mass is 35.5. The summed E-state index contributed by atoms with van der Waals surface area (Å²) in [7, 11) is -3.50. The summed E-state index contributed by atoms with van der Waals surface area (Å²) >= 11 is 5.81. The molecule has 0 spiro atoms. The first-order chi connectivity index (χ1) is 9.99. The fraction of sp³-hybridized carbons (Fsp3) is 0.214. The molecule has 0 saturated carbocycles. The third-order valence-corrected chi connectivity index (χ3v) is 4.57. The van der Waals surface area contributed by atoms with Gasteiger partial charge in [0.15, 0.2) is 0 Å². The number of hydrogen-bond donors (Lipinski definition) is 1. The highest BCUT2D eigenvalue weighted by molar-refractivity contribution is 7.89. The smallest absolute Gasteiger partial charge is 0.250 e. The van der Waals surface area contributed by atoms with Gasteiger partial charge in [-0.3, -0.25) is 4.79 Å². The predicted octanol–water partition coefficient (Wildman–Crippen LogP) is 1.87. The normalized spacial score (nSPS) is 11.5. The van der Waals surface area contributed by atoms with E-state index in [-0.39, 0.29) is 17.0 Å². The van der Waals surface area contributed by atoms with Crippen LogP contribution in [0.4, 0.5) is 0 Å². The number of aromatic nitrogens is 1. The van der Waals surface area contributed by atoms with Gasteiger partial charge in [0.25, 0.3) is 5.56 Å². The molecule has 7 heteroatoms. The van der Waals surface area contributed by atoms with E-state index in [2.05, 4.69) is 4.72 Å². The first-order valence-electron chi connectivity index (χ1n) is 6.40. The minimum Gasteiger partial charge on any atom is -0.314 e. The number of nitrogens with one attached hydrogen (secondary N) is 1. The van der Waals surface area contributed by atoms with Gasteiger partial charge in [-0.25, -0.2) is 13.1 Å². The van der Waals surface area contributed by atoms with Crippen LogP contribution in [-0.4, -0.2) is 19.5 Å². The summed E-state index contributed by atoms with van der Waals surface area (Å²) in [6.45, 7) is 0.646. The van der Waals surface area contributed by atoms with Gasteiger partial charge in [0.2, 0.25) is 10.0 Å². The van der Waals surface area contributed by atoms with Gasteiger partial charge in [0.05, 0.1) is 9.92 Å². The molecule has 5 nitrogen and oxygen atoms in total. The molecule has 0 radical (unpaired) electrons. The van der Waals surface area contributed by atoms with Crippen LogP contribution in [0.3, 0.4) is 0 Å². The Morgan fingerprint density at radius 3 is 2.52 bits per heavy atom. The molecule has 0 aliphatic heterocycles. The molecule has 21 heavy (non-hydrogen) atoms. The van der Waals surface area contributed by atoms with Gasteiger partial charge in [0.1, 0.15) is 0 Å². The molecule has 0 aliphatic carbocycles. The fourth-order valence-electron chi connectivity index (χ4n) is 1.82. The number of benzene rings is 1. The second kappa shape index (κ2) is 6.89. The van der Waals surface area contributed by atoms with E-state index in [1.807, 2.05) is 0 Å². The maximum absolute atomic E-state index is 12.0. The lowest BCUT2D eigenvalue weighted by Gasteiger charge is -2.08. The lowest BCUT2D eigenvalue weighted by atomic mass is 10.4. The minimum absolute atomic E-state index is 0.162. The number of aryl methyl sites for hydroxylation is 1. The molecule has 0 fully saturated rings. The molecule has 1 heterocycles. The Hall–Kier alpha value is -1.63. The quantitative estimate of drug-likeness (QED) is 0.824. The average molecular weight is 327 g/mol. The highest BCUT2D eigenvalue weighted by Gasteiger charge is 2.11. The standard InChI is InChI=1S/C14H15ClN2O3S/c15-12-7-8-14(18)17(11-12)10-4-9-16-21(19,20)13-5-2-1-3-6-13/h1-3,5-8,11,16H,4,9-10H2. The number of nitrogens with zero attached hydrogens (tertiary/aromatic N) is 1. The summed E-state index contributed by atoms with van der Waals surface area (Å²) in [5, 5.41) is 0.472. The van der Waals surface area contributed by atoms with Crippen LogP contribution < -0.4 is 10.3 Å². The molecule has 112 valence electrons. The van der Waals surface area contributed by atoms with Gasteiger partial charge in [-0.2, -0.15) is 0 Å². The lowest BCUT2D eigenvalue weighted by molar-refractivity contribution is 0.567. The molecular weight excluding hydrogens is 312 g/mol. The number of pyridine rings is 1. The first-order valence-corrected chi connectivity index (χ1v) is 8.26. The lowest BCUT2D eigenvalue weighted by Crippen LogP contribution is -2.27. The van der Waals surface area contributed by atoms with Gasteiger partial charge in [-0.1, -0.05) is 29.8 Å². The Morgan fingerprint density at radius 2 is 1.81 bits per heavy atom. The largest absolute Gasteiger partial charge is 0.314 e. The molecular formula is C14H15ClN2O3S. The summed E-state index contributed by atoms with van der Waals surface area (Å²) in [6, 6.07) is 11.1. The van der Waals surface area contributed by atoms with Gasteiger partial charge >= 0.3 is 0 Å². The summed E-state index contributed by atoms with van der Waals surface area (Å²) < 4.78 is 27.9. The van der Waals surface area contributed by atoms with Crippen molar-refractivity contribution in [3.8, 4) is 0 Å². The SMILES string of the molecule is O=c1ccc(Cl)cn1CCCNS(=O)(=O)c1ccccc1. The fourth-order valence-corrected chi connectivity index (χ4v) is 3.09. The second-order valence-corrected chi connectivity index (χ2v) is 6.65. The number of halogens is 1. The van der Waals surface area contributed by atoms with Crippen molar-refractivity contribution in [2.75, 3.05) is 6.54 Å². The Kier molecular flexibility index (Phi) is 5.17. The van der Waals surface area contributed by atoms with Crippen molar-refractivity contribution < 1.29 is 8.42 Å². The van der Waals surface area contributed by atoms with E-state index < -0.39 is 10.0 Å². The molecule has 0 amide bonds. The first kappa shape index (κ1) is 15.8. The van der Waals surface area contributed by atoms with Crippen molar-refractivity contribution in [1.82, 2.24) is 9.29 Å². The summed E-state index contributed by atoms with van der Waals surface area (Å²) in [6.07, 6.45) is 2.03. The van der Waals surface area contributed by atoms with Crippen LogP contribution >= 0.6 is 11.6 Å². The molecule has 0 saturated heterocycles. The highest BCUT2D eigenvalue weighted by Crippen LogP contribution is 2.07. The van der Waals surface area contributed by atoms with E-state index in [9.17, 15) is 13.2 Å². The van der Waals surface area contributed by atoms with Crippen molar-refractivity contribution in [3.63, 3.8) is 0 Å². The van der Waals surface area contributed by atoms with Crippen LogP contribution in [0.25, 0.3) is 0 Å². The van der Waals surface area contributed by atoms with Gasteiger partial charge < -0.3 is 4.57 Å². The van der Waals surface area contributed by atoms with E-state index in [0.717, 1.165) is 0 Å². The number of sulfonamides is 1. The van der Waals surface area contributed by atoms with Crippen LogP contribution in [-0.2, 0) is 16.6 Å². The van der Waals surface area contributed by atoms with Crippen LogP contribution in [0.2, 0.25) is 5.02 Å². The zero-order valence-corrected chi connectivity index (χ0v) is 12.8. The molecule has 0 unspecified atom stereocenters. The molecule has 0 aliphatic rings. The van der Waals surface area contributed by atoms with Crippen molar-refractivity contribution in [2.24, 2.45) is 0 Å². The summed E-state index contributed by atoms with van der Waals surface area (Å²) in [5.41, 5.74) is -0.162. The van der Waals surface area contributed by atoms with E-state index in [4.69, 9.17) is 11.6 Å². The Morgan fingerprint density at radius 1 is 1.10 bits per heavy atom. The Bertz CT molecular complexity index is 757. The Balaban J connectivity index is 1.90. The van der Waals surface area contributed by atoms with Gasteiger partial charge in [-0.05, 0) is 24.6 Å². The van der Waals surface area contributed by atoms with E-state index >= 15 is 0 Å². The van der Waals surface area contributed by atoms with Gasteiger partial charge in [-0.15, -0.1) is 0 Å². The second-order valence-electron chi connectivity index (χ2n) is 4.44. The van der Waals surface area contributed by atoms with E-state index in [0.29, 0.717) is 18.0 Å². The zero-order chi connectivity index (χ0) is 15.3. The third kappa shape index (κ3) is 4.42. The van der Waals surface area contributed by atoms with Crippen LogP contribution in [0.5, 0.6) is 0 Å². The number of hydrogen-bond acceptors (Lipinski definition) is 3.